The molecular formula is C28H22N2O4. The van der Waals surface area contributed by atoms with Crippen molar-refractivity contribution < 1.29 is 13.9 Å². The van der Waals surface area contributed by atoms with Crippen molar-refractivity contribution in [3.8, 4) is 5.75 Å². The van der Waals surface area contributed by atoms with Crippen molar-refractivity contribution in [1.29, 1.82) is 0 Å². The number of ether oxygens (including phenoxy) is 1. The summed E-state index contributed by atoms with van der Waals surface area (Å²) in [5, 5.41) is 2.86. The minimum atomic E-state index is -0.456. The Bertz CT molecular complexity index is 1470. The predicted octanol–water partition coefficient (Wildman–Crippen LogP) is 5.47. The van der Waals surface area contributed by atoms with Crippen molar-refractivity contribution in [2.24, 2.45) is 0 Å². The summed E-state index contributed by atoms with van der Waals surface area (Å²) in [5.74, 6) is -0.0365. The molecule has 0 bridgehead atoms. The highest BCUT2D eigenvalue weighted by molar-refractivity contribution is 6.05. The molecule has 0 saturated carbocycles. The topological polar surface area (TPSA) is 73.5 Å². The van der Waals surface area contributed by atoms with Crippen LogP contribution >= 0.6 is 0 Å². The van der Waals surface area contributed by atoms with Crippen LogP contribution < -0.4 is 15.8 Å². The maximum atomic E-state index is 12.8. The van der Waals surface area contributed by atoms with Gasteiger partial charge in [0.1, 0.15) is 12.4 Å². The van der Waals surface area contributed by atoms with Gasteiger partial charge in [0.25, 0.3) is 5.91 Å². The SMILES string of the molecule is O=C(Nc1ccc(OCc2ccccc2)cc1)c1ccc2c(c1)oc(=O)n2Cc1ccccc1. The molecule has 0 spiro atoms. The molecule has 1 heterocycles. The van der Waals surface area contributed by atoms with Crippen molar-refractivity contribution in [3.05, 3.63) is 130 Å². The summed E-state index contributed by atoms with van der Waals surface area (Å²) in [6.07, 6.45) is 0. The van der Waals surface area contributed by atoms with E-state index in [0.717, 1.165) is 11.1 Å². The molecule has 6 nitrogen and oxygen atoms in total. The fraction of sp³-hybridized carbons (Fsp3) is 0.0714. The number of amides is 1. The standard InChI is InChI=1S/C28H22N2O4/c31-27(29-23-12-14-24(15-13-23)33-19-21-9-5-2-6-10-21)22-11-16-25-26(17-22)34-28(32)30(25)18-20-7-3-1-4-8-20/h1-17H,18-19H2,(H,29,31). The highest BCUT2D eigenvalue weighted by Crippen LogP contribution is 2.20. The molecule has 0 aliphatic rings. The van der Waals surface area contributed by atoms with Gasteiger partial charge in [-0.1, -0.05) is 60.7 Å². The summed E-state index contributed by atoms with van der Waals surface area (Å²) in [6, 6.07) is 31.8. The number of carbonyl (C=O) groups excluding carboxylic acids is 1. The van der Waals surface area contributed by atoms with Crippen molar-refractivity contribution in [3.63, 3.8) is 0 Å². The summed E-state index contributed by atoms with van der Waals surface area (Å²) in [4.78, 5) is 25.1. The van der Waals surface area contributed by atoms with Crippen molar-refractivity contribution in [2.45, 2.75) is 13.2 Å². The first-order valence-corrected chi connectivity index (χ1v) is 10.9. The Labute approximate surface area is 196 Å². The number of anilines is 1. The molecule has 0 aliphatic carbocycles. The van der Waals surface area contributed by atoms with Crippen LogP contribution in [0.3, 0.4) is 0 Å². The summed E-state index contributed by atoms with van der Waals surface area (Å²) >= 11 is 0. The fourth-order valence-electron chi connectivity index (χ4n) is 3.70. The number of aromatic nitrogens is 1. The van der Waals surface area contributed by atoms with Crippen LogP contribution in [0.25, 0.3) is 11.1 Å². The lowest BCUT2D eigenvalue weighted by molar-refractivity contribution is 0.102. The fourth-order valence-corrected chi connectivity index (χ4v) is 3.70. The van der Waals surface area contributed by atoms with E-state index in [4.69, 9.17) is 9.15 Å². The Morgan fingerprint density at radius 1 is 0.824 bits per heavy atom. The first-order valence-electron chi connectivity index (χ1n) is 10.9. The van der Waals surface area contributed by atoms with E-state index in [0.29, 0.717) is 41.3 Å². The van der Waals surface area contributed by atoms with Gasteiger partial charge in [-0.25, -0.2) is 4.79 Å². The second-order valence-corrected chi connectivity index (χ2v) is 7.87. The molecule has 4 aromatic carbocycles. The van der Waals surface area contributed by atoms with Gasteiger partial charge in [0.2, 0.25) is 0 Å². The maximum absolute atomic E-state index is 12.8. The molecule has 0 unspecified atom stereocenters. The van der Waals surface area contributed by atoms with Gasteiger partial charge in [0.15, 0.2) is 5.58 Å². The van der Waals surface area contributed by atoms with E-state index in [1.54, 1.807) is 34.9 Å². The van der Waals surface area contributed by atoms with Crippen molar-refractivity contribution >= 4 is 22.7 Å². The number of oxazole rings is 1. The van der Waals surface area contributed by atoms with Gasteiger partial charge < -0.3 is 14.5 Å². The van der Waals surface area contributed by atoms with Crippen LogP contribution in [0.5, 0.6) is 5.75 Å². The Morgan fingerprint density at radius 3 is 2.21 bits per heavy atom. The quantitative estimate of drug-likeness (QED) is 0.357. The van der Waals surface area contributed by atoms with Gasteiger partial charge in [-0.3, -0.25) is 9.36 Å². The molecule has 0 saturated heterocycles. The Balaban J connectivity index is 1.26. The largest absolute Gasteiger partial charge is 0.489 e. The minimum absolute atomic E-state index is 0.293. The molecule has 0 fully saturated rings. The van der Waals surface area contributed by atoms with E-state index in [-0.39, 0.29) is 5.91 Å². The van der Waals surface area contributed by atoms with Gasteiger partial charge in [-0.2, -0.15) is 0 Å². The lowest BCUT2D eigenvalue weighted by Gasteiger charge is -2.09. The zero-order valence-corrected chi connectivity index (χ0v) is 18.3. The molecule has 5 rings (SSSR count). The summed E-state index contributed by atoms with van der Waals surface area (Å²) in [6.45, 7) is 0.874. The van der Waals surface area contributed by atoms with Crippen molar-refractivity contribution in [2.75, 3.05) is 5.32 Å². The van der Waals surface area contributed by atoms with E-state index in [2.05, 4.69) is 5.32 Å². The summed E-state index contributed by atoms with van der Waals surface area (Å²) in [5.41, 5.74) is 4.13. The molecular weight excluding hydrogens is 428 g/mol. The van der Waals surface area contributed by atoms with E-state index >= 15 is 0 Å². The molecule has 5 aromatic rings. The monoisotopic (exact) mass is 450 g/mol. The highest BCUT2D eigenvalue weighted by atomic mass is 16.5. The van der Waals surface area contributed by atoms with Crippen LogP contribution in [0, 0.1) is 0 Å². The van der Waals surface area contributed by atoms with Crippen LogP contribution in [0.1, 0.15) is 21.5 Å². The summed E-state index contributed by atoms with van der Waals surface area (Å²) < 4.78 is 12.7. The lowest BCUT2D eigenvalue weighted by Crippen LogP contribution is -2.14. The molecule has 168 valence electrons. The van der Waals surface area contributed by atoms with Crippen molar-refractivity contribution in [1.82, 2.24) is 4.57 Å². The first-order chi connectivity index (χ1) is 16.7. The van der Waals surface area contributed by atoms with E-state index in [1.807, 2.05) is 72.8 Å². The first kappa shape index (κ1) is 21.3. The van der Waals surface area contributed by atoms with Gasteiger partial charge >= 0.3 is 5.76 Å². The number of fused-ring (bicyclic) bond motifs is 1. The molecule has 34 heavy (non-hydrogen) atoms. The molecule has 0 radical (unpaired) electrons. The van der Waals surface area contributed by atoms with Gasteiger partial charge in [-0.05, 0) is 53.6 Å². The number of carbonyl (C=O) groups is 1. The van der Waals surface area contributed by atoms with Crippen LogP contribution in [0.2, 0.25) is 0 Å². The smallest absolute Gasteiger partial charge is 0.420 e. The molecule has 0 aliphatic heterocycles. The third-order valence-electron chi connectivity index (χ3n) is 5.47. The van der Waals surface area contributed by atoms with Gasteiger partial charge in [0.05, 0.1) is 12.1 Å². The number of rotatable bonds is 7. The minimum Gasteiger partial charge on any atom is -0.489 e. The average molecular weight is 450 g/mol. The third kappa shape index (κ3) is 4.76. The maximum Gasteiger partial charge on any atom is 0.420 e. The normalized spacial score (nSPS) is 10.8. The molecule has 6 heteroatoms. The predicted molar refractivity (Wildman–Crippen MR) is 131 cm³/mol. The van der Waals surface area contributed by atoms with Crippen LogP contribution in [-0.4, -0.2) is 10.5 Å². The number of nitrogens with zero attached hydrogens (tertiary/aromatic N) is 1. The second kappa shape index (κ2) is 9.50. The third-order valence-corrected chi connectivity index (χ3v) is 5.47. The highest BCUT2D eigenvalue weighted by Gasteiger charge is 2.14. The zero-order chi connectivity index (χ0) is 23.3. The second-order valence-electron chi connectivity index (χ2n) is 7.87. The van der Waals surface area contributed by atoms with Gasteiger partial charge in [-0.15, -0.1) is 0 Å². The van der Waals surface area contributed by atoms with E-state index in [1.165, 1.54) is 0 Å². The number of hydrogen-bond acceptors (Lipinski definition) is 4. The molecule has 1 amide bonds. The lowest BCUT2D eigenvalue weighted by atomic mass is 10.1. The number of nitrogens with one attached hydrogen (secondary N) is 1. The Morgan fingerprint density at radius 2 is 1.50 bits per heavy atom. The zero-order valence-electron chi connectivity index (χ0n) is 18.3. The molecule has 1 N–H and O–H groups in total. The van der Waals surface area contributed by atoms with Crippen LogP contribution in [0.15, 0.2) is 112 Å². The molecule has 0 atom stereocenters. The van der Waals surface area contributed by atoms with E-state index in [9.17, 15) is 9.59 Å². The Kier molecular flexibility index (Phi) is 5.95. The Hall–Kier alpha value is -4.58. The average Bonchev–Trinajstić information content (AvgIpc) is 3.19. The summed E-state index contributed by atoms with van der Waals surface area (Å²) in [7, 11) is 0. The molecule has 1 aromatic heterocycles. The number of benzene rings is 4. The van der Waals surface area contributed by atoms with E-state index < -0.39 is 5.76 Å². The number of hydrogen-bond donors (Lipinski definition) is 1. The van der Waals surface area contributed by atoms with Crippen LogP contribution in [-0.2, 0) is 13.2 Å². The van der Waals surface area contributed by atoms with Gasteiger partial charge in [0, 0.05) is 11.3 Å². The van der Waals surface area contributed by atoms with Crippen LogP contribution in [0.4, 0.5) is 5.69 Å².